The number of nitrogens with two attached hydrogens (primary N) is 1. The van der Waals surface area contributed by atoms with Crippen molar-refractivity contribution in [3.63, 3.8) is 0 Å². The van der Waals surface area contributed by atoms with Gasteiger partial charge in [-0.2, -0.15) is 0 Å². The van der Waals surface area contributed by atoms with E-state index in [0.29, 0.717) is 12.6 Å². The van der Waals surface area contributed by atoms with Crippen molar-refractivity contribution < 1.29 is 17.0 Å². The highest BCUT2D eigenvalue weighted by Gasteiger charge is 2.31. The van der Waals surface area contributed by atoms with E-state index in [1.807, 2.05) is 4.68 Å². The van der Waals surface area contributed by atoms with Gasteiger partial charge in [-0.15, -0.1) is 0 Å². The highest BCUT2D eigenvalue weighted by molar-refractivity contribution is 5.48. The lowest BCUT2D eigenvalue weighted by molar-refractivity contribution is -0.714. The molecule has 1 aromatic carbocycles. The van der Waals surface area contributed by atoms with E-state index in [1.54, 1.807) is 0 Å². The summed E-state index contributed by atoms with van der Waals surface area (Å²) in [5, 5.41) is 4.73. The van der Waals surface area contributed by atoms with Crippen molar-refractivity contribution in [2.45, 2.75) is 39.7 Å². The summed E-state index contributed by atoms with van der Waals surface area (Å²) in [4.78, 5) is 0. The van der Waals surface area contributed by atoms with Gasteiger partial charge in [-0.25, -0.2) is 4.57 Å². The Balaban J connectivity index is 0.00000147. The lowest BCUT2D eigenvalue weighted by atomic mass is 10.1. The highest BCUT2D eigenvalue weighted by atomic mass is 35.5. The molecule has 2 N–H and O–H groups in total. The van der Waals surface area contributed by atoms with Crippen molar-refractivity contribution >= 4 is 0 Å². The number of benzene rings is 1. The first-order chi connectivity index (χ1) is 9.10. The van der Waals surface area contributed by atoms with Crippen LogP contribution in [0.3, 0.4) is 0 Å². The Kier molecular flexibility index (Phi) is 4.16. The van der Waals surface area contributed by atoms with Gasteiger partial charge in [-0.1, -0.05) is 22.4 Å². The van der Waals surface area contributed by atoms with E-state index in [-0.39, 0.29) is 12.4 Å². The first kappa shape index (κ1) is 15.0. The molecule has 0 amide bonds. The van der Waals surface area contributed by atoms with Crippen LogP contribution in [0.5, 0.6) is 0 Å². The third-order valence-electron chi connectivity index (χ3n) is 3.99. The van der Waals surface area contributed by atoms with Gasteiger partial charge in [0.25, 0.3) is 5.82 Å². The van der Waals surface area contributed by atoms with E-state index in [0.717, 1.165) is 18.7 Å². The van der Waals surface area contributed by atoms with Crippen molar-refractivity contribution in [2.75, 3.05) is 6.54 Å². The van der Waals surface area contributed by atoms with Crippen LogP contribution in [-0.2, 0) is 6.42 Å². The summed E-state index contributed by atoms with van der Waals surface area (Å²) in [5.74, 6) is 1.15. The summed E-state index contributed by atoms with van der Waals surface area (Å²) in [6, 6.07) is 4.83. The molecular formula is C15H21ClN4. The van der Waals surface area contributed by atoms with Gasteiger partial charge in [0.15, 0.2) is 0 Å². The predicted molar refractivity (Wildman–Crippen MR) is 74.4 cm³/mol. The molecule has 0 radical (unpaired) electrons. The Morgan fingerprint density at radius 3 is 2.55 bits per heavy atom. The molecular weight excluding hydrogens is 272 g/mol. The first-order valence-corrected chi connectivity index (χ1v) is 6.88. The lowest BCUT2D eigenvalue weighted by Crippen LogP contribution is -3.00. The molecule has 1 aliphatic rings. The molecule has 0 saturated carbocycles. The fourth-order valence-electron chi connectivity index (χ4n) is 3.18. The number of aryl methyl sites for hydroxylation is 4. The quantitative estimate of drug-likeness (QED) is 0.688. The van der Waals surface area contributed by atoms with Gasteiger partial charge in [-0.3, -0.25) is 0 Å². The van der Waals surface area contributed by atoms with E-state index >= 15 is 0 Å². The van der Waals surface area contributed by atoms with E-state index in [9.17, 15) is 0 Å². The summed E-state index contributed by atoms with van der Waals surface area (Å²) in [6.45, 7) is 7.11. The molecule has 1 atom stereocenters. The molecule has 0 fully saturated rings. The smallest absolute Gasteiger partial charge is 0.278 e. The third-order valence-corrected chi connectivity index (χ3v) is 3.99. The summed E-state index contributed by atoms with van der Waals surface area (Å²) in [5.41, 5.74) is 10.8. The molecule has 0 saturated heterocycles. The van der Waals surface area contributed by atoms with Crippen LogP contribution in [0.2, 0.25) is 0 Å². The molecule has 2 heterocycles. The predicted octanol–water partition coefficient (Wildman–Crippen LogP) is -1.46. The number of halogens is 1. The Morgan fingerprint density at radius 1 is 1.30 bits per heavy atom. The number of hydrogen-bond donors (Lipinski definition) is 1. The fraction of sp³-hybridized carbons (Fsp3) is 0.467. The maximum Gasteiger partial charge on any atom is 0.278 e. The molecule has 108 valence electrons. The first-order valence-electron chi connectivity index (χ1n) is 6.88. The van der Waals surface area contributed by atoms with Crippen LogP contribution in [0.1, 0.15) is 35.0 Å². The van der Waals surface area contributed by atoms with Crippen molar-refractivity contribution in [1.29, 1.82) is 0 Å². The second-order valence-electron chi connectivity index (χ2n) is 5.56. The number of rotatable bonds is 2. The fourth-order valence-corrected chi connectivity index (χ4v) is 3.18. The van der Waals surface area contributed by atoms with Crippen LogP contribution in [0.25, 0.3) is 5.69 Å². The van der Waals surface area contributed by atoms with Crippen LogP contribution in [0, 0.1) is 20.8 Å². The van der Waals surface area contributed by atoms with Crippen molar-refractivity contribution in [3.05, 3.63) is 41.0 Å². The molecule has 0 aliphatic carbocycles. The Bertz CT molecular complexity index is 610. The van der Waals surface area contributed by atoms with Gasteiger partial charge in [0.05, 0.1) is 6.04 Å². The molecule has 0 unspecified atom stereocenters. The molecule has 5 heteroatoms. The molecule has 2 aromatic rings. The normalized spacial score (nSPS) is 16.9. The zero-order valence-corrected chi connectivity index (χ0v) is 13.0. The second-order valence-corrected chi connectivity index (χ2v) is 5.56. The maximum absolute atomic E-state index is 5.82. The zero-order chi connectivity index (χ0) is 13.6. The summed E-state index contributed by atoms with van der Waals surface area (Å²) in [6.07, 6.45) is 4.24. The molecule has 4 nitrogen and oxygen atoms in total. The van der Waals surface area contributed by atoms with Crippen LogP contribution in [0.15, 0.2) is 18.5 Å². The van der Waals surface area contributed by atoms with E-state index < -0.39 is 0 Å². The zero-order valence-electron chi connectivity index (χ0n) is 12.2. The summed E-state index contributed by atoms with van der Waals surface area (Å²) >= 11 is 0. The molecule has 1 aliphatic heterocycles. The minimum Gasteiger partial charge on any atom is -1.00 e. The maximum atomic E-state index is 5.82. The second kappa shape index (κ2) is 5.54. The van der Waals surface area contributed by atoms with E-state index in [4.69, 9.17) is 10.8 Å². The van der Waals surface area contributed by atoms with Crippen LogP contribution in [0.4, 0.5) is 0 Å². The van der Waals surface area contributed by atoms with E-state index in [1.165, 1.54) is 22.4 Å². The van der Waals surface area contributed by atoms with Gasteiger partial charge in [-0.05, 0) is 38.3 Å². The van der Waals surface area contributed by atoms with Gasteiger partial charge >= 0.3 is 0 Å². The summed E-state index contributed by atoms with van der Waals surface area (Å²) < 4.78 is 4.25. The van der Waals surface area contributed by atoms with Crippen LogP contribution < -0.4 is 22.7 Å². The van der Waals surface area contributed by atoms with Crippen molar-refractivity contribution in [3.8, 4) is 5.69 Å². The van der Waals surface area contributed by atoms with Gasteiger partial charge in [0, 0.05) is 18.1 Å². The SMILES string of the molecule is Cc1cc(C)c(-n2c[n+]3c(n2)CC[C@H]3CN)c(C)c1.[Cl-]. The van der Waals surface area contributed by atoms with Crippen molar-refractivity contribution in [2.24, 2.45) is 5.73 Å². The van der Waals surface area contributed by atoms with Gasteiger partial charge in [0.2, 0.25) is 6.33 Å². The molecule has 20 heavy (non-hydrogen) atoms. The minimum atomic E-state index is 0. The Morgan fingerprint density at radius 2 is 1.95 bits per heavy atom. The number of aromatic nitrogens is 3. The van der Waals surface area contributed by atoms with Gasteiger partial charge < -0.3 is 18.1 Å². The van der Waals surface area contributed by atoms with E-state index in [2.05, 4.69) is 43.8 Å². The molecule has 3 rings (SSSR count). The monoisotopic (exact) mass is 292 g/mol. The van der Waals surface area contributed by atoms with Crippen LogP contribution >= 0.6 is 0 Å². The Hall–Kier alpha value is -1.39. The van der Waals surface area contributed by atoms with Gasteiger partial charge in [0.1, 0.15) is 5.69 Å². The third kappa shape index (κ3) is 2.34. The lowest BCUT2D eigenvalue weighted by Gasteiger charge is -2.07. The van der Waals surface area contributed by atoms with Crippen LogP contribution in [-0.4, -0.2) is 16.3 Å². The number of nitrogens with zero attached hydrogens (tertiary/aromatic N) is 3. The topological polar surface area (TPSA) is 47.7 Å². The average molecular weight is 293 g/mol. The Labute approximate surface area is 126 Å². The standard InChI is InChI=1S/C15H21N4.ClH/c1-10-6-11(2)15(12(3)7-10)19-9-18-13(8-16)4-5-14(18)17-19;/h6-7,9,13H,4-5,8,16H2,1-3H3;1H/q+1;/p-1/t13-;/m0./s1. The largest absolute Gasteiger partial charge is 1.00 e. The average Bonchev–Trinajstić information content (AvgIpc) is 2.86. The number of fused-ring (bicyclic) bond motifs is 1. The highest BCUT2D eigenvalue weighted by Crippen LogP contribution is 2.22. The minimum absolute atomic E-state index is 0. The van der Waals surface area contributed by atoms with Crippen molar-refractivity contribution in [1.82, 2.24) is 9.78 Å². The summed E-state index contributed by atoms with van der Waals surface area (Å²) in [7, 11) is 0. The molecule has 0 bridgehead atoms. The molecule has 1 aromatic heterocycles. The molecule has 0 spiro atoms. The number of hydrogen-bond acceptors (Lipinski definition) is 2.